The van der Waals surface area contributed by atoms with E-state index in [2.05, 4.69) is 34.7 Å². The van der Waals surface area contributed by atoms with E-state index in [0.29, 0.717) is 6.04 Å². The fraction of sp³-hybridized carbons (Fsp3) is 0.333. The first-order valence-electron chi connectivity index (χ1n) is 5.32. The SMILES string of the molecule is Cl.c1ccc2c([C@@H]3COCCN3)c[nH]c2c1. The predicted octanol–water partition coefficient (Wildman–Crippen LogP) is 2.25. The summed E-state index contributed by atoms with van der Waals surface area (Å²) >= 11 is 0. The highest BCUT2D eigenvalue weighted by molar-refractivity contribution is 5.85. The van der Waals surface area contributed by atoms with Gasteiger partial charge in [-0.25, -0.2) is 0 Å². The van der Waals surface area contributed by atoms with Crippen LogP contribution in [0.25, 0.3) is 10.9 Å². The third kappa shape index (κ3) is 1.94. The van der Waals surface area contributed by atoms with Crippen molar-refractivity contribution in [3.05, 3.63) is 36.0 Å². The highest BCUT2D eigenvalue weighted by Gasteiger charge is 2.17. The number of benzene rings is 1. The smallest absolute Gasteiger partial charge is 0.0662 e. The molecule has 0 unspecified atom stereocenters. The van der Waals surface area contributed by atoms with E-state index < -0.39 is 0 Å². The minimum atomic E-state index is 0. The molecule has 0 spiro atoms. The van der Waals surface area contributed by atoms with Gasteiger partial charge in [0.15, 0.2) is 0 Å². The van der Waals surface area contributed by atoms with Crippen molar-refractivity contribution in [1.29, 1.82) is 0 Å². The largest absolute Gasteiger partial charge is 0.378 e. The van der Waals surface area contributed by atoms with Gasteiger partial charge >= 0.3 is 0 Å². The lowest BCUT2D eigenvalue weighted by Gasteiger charge is -2.23. The average molecular weight is 239 g/mol. The van der Waals surface area contributed by atoms with Crippen LogP contribution < -0.4 is 5.32 Å². The Bertz CT molecular complexity index is 463. The fourth-order valence-electron chi connectivity index (χ4n) is 2.15. The molecule has 4 heteroatoms. The van der Waals surface area contributed by atoms with Crippen molar-refractivity contribution >= 4 is 23.3 Å². The van der Waals surface area contributed by atoms with E-state index in [1.54, 1.807) is 0 Å². The summed E-state index contributed by atoms with van der Waals surface area (Å²) in [5, 5.41) is 4.76. The number of para-hydroxylation sites is 1. The number of halogens is 1. The first-order chi connectivity index (χ1) is 7.45. The van der Waals surface area contributed by atoms with Gasteiger partial charge in [0, 0.05) is 23.6 Å². The van der Waals surface area contributed by atoms with Gasteiger partial charge in [-0.3, -0.25) is 0 Å². The van der Waals surface area contributed by atoms with Crippen LogP contribution in [-0.2, 0) is 4.74 Å². The van der Waals surface area contributed by atoms with Gasteiger partial charge in [-0.2, -0.15) is 0 Å². The Labute approximate surface area is 101 Å². The van der Waals surface area contributed by atoms with Crippen LogP contribution in [0.2, 0.25) is 0 Å². The van der Waals surface area contributed by atoms with Crippen molar-refractivity contribution in [2.45, 2.75) is 6.04 Å². The minimum Gasteiger partial charge on any atom is -0.378 e. The van der Waals surface area contributed by atoms with Gasteiger partial charge in [0.1, 0.15) is 0 Å². The minimum absolute atomic E-state index is 0. The second kappa shape index (κ2) is 4.87. The molecular formula is C12H15ClN2O. The molecule has 1 aliphatic rings. The van der Waals surface area contributed by atoms with E-state index in [-0.39, 0.29) is 12.4 Å². The van der Waals surface area contributed by atoms with Gasteiger partial charge in [0.2, 0.25) is 0 Å². The van der Waals surface area contributed by atoms with Crippen molar-refractivity contribution in [3.8, 4) is 0 Å². The van der Waals surface area contributed by atoms with E-state index in [1.807, 2.05) is 6.07 Å². The van der Waals surface area contributed by atoms with Gasteiger partial charge in [-0.15, -0.1) is 12.4 Å². The first kappa shape index (κ1) is 11.5. The third-order valence-electron chi connectivity index (χ3n) is 2.92. The van der Waals surface area contributed by atoms with Crippen molar-refractivity contribution in [2.75, 3.05) is 19.8 Å². The molecule has 2 N–H and O–H groups in total. The molecule has 86 valence electrons. The fourth-order valence-corrected chi connectivity index (χ4v) is 2.15. The molecule has 16 heavy (non-hydrogen) atoms. The first-order valence-corrected chi connectivity index (χ1v) is 5.32. The molecule has 1 saturated heterocycles. The van der Waals surface area contributed by atoms with E-state index in [0.717, 1.165) is 19.8 Å². The Morgan fingerprint density at radius 2 is 2.12 bits per heavy atom. The number of fused-ring (bicyclic) bond motifs is 1. The summed E-state index contributed by atoms with van der Waals surface area (Å²) < 4.78 is 5.48. The highest BCUT2D eigenvalue weighted by Crippen LogP contribution is 2.24. The highest BCUT2D eigenvalue weighted by atomic mass is 35.5. The molecule has 3 nitrogen and oxygen atoms in total. The monoisotopic (exact) mass is 238 g/mol. The second-order valence-electron chi connectivity index (χ2n) is 3.87. The van der Waals surface area contributed by atoms with E-state index in [9.17, 15) is 0 Å². The summed E-state index contributed by atoms with van der Waals surface area (Å²) in [4.78, 5) is 3.29. The number of ether oxygens (including phenoxy) is 1. The van der Waals surface area contributed by atoms with Crippen LogP contribution in [0.4, 0.5) is 0 Å². The van der Waals surface area contributed by atoms with Crippen LogP contribution in [0.15, 0.2) is 30.5 Å². The lowest BCUT2D eigenvalue weighted by molar-refractivity contribution is 0.0773. The van der Waals surface area contributed by atoms with Crippen LogP contribution in [0.3, 0.4) is 0 Å². The zero-order valence-electron chi connectivity index (χ0n) is 8.90. The summed E-state index contributed by atoms with van der Waals surface area (Å²) in [5.41, 5.74) is 2.50. The molecule has 1 aliphatic heterocycles. The van der Waals surface area contributed by atoms with Crippen LogP contribution in [0, 0.1) is 0 Å². The van der Waals surface area contributed by atoms with Crippen LogP contribution in [0.5, 0.6) is 0 Å². The molecule has 2 aromatic rings. The van der Waals surface area contributed by atoms with E-state index in [1.165, 1.54) is 16.5 Å². The normalized spacial score (nSPS) is 20.6. The van der Waals surface area contributed by atoms with Gasteiger partial charge in [-0.05, 0) is 11.6 Å². The molecule has 1 aromatic heterocycles. The summed E-state index contributed by atoms with van der Waals surface area (Å²) in [7, 11) is 0. The number of morpholine rings is 1. The Morgan fingerprint density at radius 1 is 1.25 bits per heavy atom. The Kier molecular flexibility index (Phi) is 3.49. The summed E-state index contributed by atoms with van der Waals surface area (Å²) in [6.45, 7) is 2.52. The van der Waals surface area contributed by atoms with Crippen LogP contribution in [-0.4, -0.2) is 24.7 Å². The number of aromatic nitrogens is 1. The summed E-state index contributed by atoms with van der Waals surface area (Å²) in [6, 6.07) is 8.70. The maximum atomic E-state index is 5.48. The lowest BCUT2D eigenvalue weighted by atomic mass is 10.1. The van der Waals surface area contributed by atoms with Crippen LogP contribution in [0.1, 0.15) is 11.6 Å². The Hall–Kier alpha value is -1.03. The van der Waals surface area contributed by atoms with Gasteiger partial charge in [0.25, 0.3) is 0 Å². The zero-order chi connectivity index (χ0) is 10.1. The van der Waals surface area contributed by atoms with Crippen molar-refractivity contribution in [3.63, 3.8) is 0 Å². The van der Waals surface area contributed by atoms with Crippen molar-refractivity contribution in [1.82, 2.24) is 10.3 Å². The molecule has 1 aromatic carbocycles. The molecule has 3 rings (SSSR count). The molecule has 1 atom stereocenters. The summed E-state index contributed by atoms with van der Waals surface area (Å²) in [6.07, 6.45) is 2.08. The molecular weight excluding hydrogens is 224 g/mol. The van der Waals surface area contributed by atoms with Gasteiger partial charge < -0.3 is 15.0 Å². The predicted molar refractivity (Wildman–Crippen MR) is 67.1 cm³/mol. The van der Waals surface area contributed by atoms with E-state index in [4.69, 9.17) is 4.74 Å². The molecule has 0 saturated carbocycles. The second-order valence-corrected chi connectivity index (χ2v) is 3.87. The molecule has 0 aliphatic carbocycles. The van der Waals surface area contributed by atoms with Crippen molar-refractivity contribution in [2.24, 2.45) is 0 Å². The third-order valence-corrected chi connectivity index (χ3v) is 2.92. The molecule has 0 bridgehead atoms. The maximum absolute atomic E-state index is 5.48. The number of H-pyrrole nitrogens is 1. The van der Waals surface area contributed by atoms with Crippen molar-refractivity contribution < 1.29 is 4.74 Å². The average Bonchev–Trinajstić information content (AvgIpc) is 2.74. The lowest BCUT2D eigenvalue weighted by Crippen LogP contribution is -2.34. The molecule has 1 fully saturated rings. The quantitative estimate of drug-likeness (QED) is 0.800. The standard InChI is InChI=1S/C12H14N2O.ClH/c1-2-4-11-9(3-1)10(7-14-11)12-8-15-6-5-13-12;/h1-4,7,12-14H,5-6,8H2;1H/t12-;/m0./s1. The zero-order valence-corrected chi connectivity index (χ0v) is 9.72. The van der Waals surface area contributed by atoms with Crippen LogP contribution >= 0.6 is 12.4 Å². The molecule has 0 radical (unpaired) electrons. The topological polar surface area (TPSA) is 37.0 Å². The van der Waals surface area contributed by atoms with Gasteiger partial charge in [0.05, 0.1) is 19.3 Å². The molecule has 0 amide bonds. The number of rotatable bonds is 1. The number of aromatic amines is 1. The van der Waals surface area contributed by atoms with Gasteiger partial charge in [-0.1, -0.05) is 18.2 Å². The number of hydrogen-bond acceptors (Lipinski definition) is 2. The molecule has 2 heterocycles. The maximum Gasteiger partial charge on any atom is 0.0662 e. The summed E-state index contributed by atoms with van der Waals surface area (Å²) in [5.74, 6) is 0. The number of nitrogens with one attached hydrogen (secondary N) is 2. The van der Waals surface area contributed by atoms with E-state index >= 15 is 0 Å². The Balaban J connectivity index is 0.000000963. The number of hydrogen-bond donors (Lipinski definition) is 2. The Morgan fingerprint density at radius 3 is 2.94 bits per heavy atom.